The molecule has 0 spiro atoms. The van der Waals surface area contributed by atoms with E-state index in [0.29, 0.717) is 22.9 Å². The van der Waals surface area contributed by atoms with E-state index in [9.17, 15) is 0 Å². The molecule has 0 aliphatic rings. The molecule has 100 valence electrons. The second-order valence-electron chi connectivity index (χ2n) is 3.93. The molecule has 3 N–H and O–H groups in total. The molecule has 0 aliphatic carbocycles. The number of ether oxygens (including phenoxy) is 1. The van der Waals surface area contributed by atoms with Crippen molar-refractivity contribution in [3.8, 4) is 5.75 Å². The van der Waals surface area contributed by atoms with Gasteiger partial charge in [-0.25, -0.2) is 0 Å². The largest absolute Gasteiger partial charge is 0.491 e. The lowest BCUT2D eigenvalue weighted by molar-refractivity contribution is 0.223. The fraction of sp³-hybridized carbons (Fsp3) is 0.462. The summed E-state index contributed by atoms with van der Waals surface area (Å²) in [6, 6.07) is 5.14. The van der Waals surface area contributed by atoms with Gasteiger partial charge in [-0.1, -0.05) is 25.4 Å². The quantitative estimate of drug-likeness (QED) is 0.590. The van der Waals surface area contributed by atoms with Gasteiger partial charge in [0.05, 0.1) is 5.02 Å². The van der Waals surface area contributed by atoms with Crippen LogP contribution in [0.3, 0.4) is 0 Å². The van der Waals surface area contributed by atoms with E-state index < -0.39 is 0 Å². The van der Waals surface area contributed by atoms with Crippen molar-refractivity contribution >= 4 is 17.4 Å². The van der Waals surface area contributed by atoms with Gasteiger partial charge in [-0.15, -0.1) is 0 Å². The zero-order chi connectivity index (χ0) is 13.5. The molecule has 18 heavy (non-hydrogen) atoms. The van der Waals surface area contributed by atoms with E-state index >= 15 is 0 Å². The molecule has 0 heterocycles. The van der Waals surface area contributed by atoms with Crippen LogP contribution in [0.15, 0.2) is 18.2 Å². The first-order valence-electron chi connectivity index (χ1n) is 6.07. The van der Waals surface area contributed by atoms with E-state index in [1.54, 1.807) is 18.2 Å². The summed E-state index contributed by atoms with van der Waals surface area (Å²) in [6.07, 6.45) is 0. The van der Waals surface area contributed by atoms with Crippen molar-refractivity contribution in [1.82, 2.24) is 4.90 Å². The van der Waals surface area contributed by atoms with Gasteiger partial charge in [0, 0.05) is 12.1 Å². The predicted octanol–water partition coefficient (Wildman–Crippen LogP) is 2.34. The van der Waals surface area contributed by atoms with Crippen LogP contribution in [0.5, 0.6) is 5.75 Å². The number of likely N-dealkylation sites (N-methyl/N-ethyl adjacent to an activating group) is 1. The van der Waals surface area contributed by atoms with Crippen LogP contribution in [0.2, 0.25) is 5.02 Å². The van der Waals surface area contributed by atoms with Gasteiger partial charge >= 0.3 is 0 Å². The molecule has 0 saturated carbocycles. The first-order valence-corrected chi connectivity index (χ1v) is 6.45. The molecule has 5 heteroatoms. The predicted molar refractivity (Wildman–Crippen MR) is 75.8 cm³/mol. The van der Waals surface area contributed by atoms with Gasteiger partial charge < -0.3 is 15.4 Å². The van der Waals surface area contributed by atoms with Crippen LogP contribution < -0.4 is 10.5 Å². The van der Waals surface area contributed by atoms with Gasteiger partial charge in [-0.2, -0.15) is 0 Å². The Balaban J connectivity index is 2.55. The Bertz CT molecular complexity index is 405. The summed E-state index contributed by atoms with van der Waals surface area (Å²) in [5.41, 5.74) is 5.99. The SMILES string of the molecule is CCN(CC)CCOc1ccc(C(=N)N)cc1Cl. The third-order valence-electron chi connectivity index (χ3n) is 2.80. The normalized spacial score (nSPS) is 10.7. The maximum atomic E-state index is 7.32. The zero-order valence-electron chi connectivity index (χ0n) is 10.9. The molecular formula is C13H20ClN3O. The molecule has 0 aliphatic heterocycles. The summed E-state index contributed by atoms with van der Waals surface area (Å²) in [4.78, 5) is 2.28. The highest BCUT2D eigenvalue weighted by molar-refractivity contribution is 6.32. The number of nitrogens with two attached hydrogens (primary N) is 1. The molecule has 0 atom stereocenters. The Labute approximate surface area is 113 Å². The molecule has 0 fully saturated rings. The number of nitrogen functional groups attached to an aromatic ring is 1. The van der Waals surface area contributed by atoms with Gasteiger partial charge in [0.1, 0.15) is 18.2 Å². The van der Waals surface area contributed by atoms with Crippen molar-refractivity contribution < 1.29 is 4.74 Å². The smallest absolute Gasteiger partial charge is 0.137 e. The van der Waals surface area contributed by atoms with Crippen molar-refractivity contribution in [3.05, 3.63) is 28.8 Å². The molecule has 0 bridgehead atoms. The minimum Gasteiger partial charge on any atom is -0.491 e. The van der Waals surface area contributed by atoms with Gasteiger partial charge in [-0.3, -0.25) is 5.41 Å². The molecule has 0 radical (unpaired) electrons. The highest BCUT2D eigenvalue weighted by atomic mass is 35.5. The summed E-state index contributed by atoms with van der Waals surface area (Å²) in [6.45, 7) is 7.74. The lowest BCUT2D eigenvalue weighted by Crippen LogP contribution is -2.27. The van der Waals surface area contributed by atoms with E-state index in [-0.39, 0.29) is 5.84 Å². The van der Waals surface area contributed by atoms with E-state index in [1.807, 2.05) is 0 Å². The fourth-order valence-electron chi connectivity index (χ4n) is 1.61. The van der Waals surface area contributed by atoms with E-state index in [0.717, 1.165) is 19.6 Å². The van der Waals surface area contributed by atoms with Crippen molar-refractivity contribution in [2.24, 2.45) is 5.73 Å². The average Bonchev–Trinajstić information content (AvgIpc) is 2.36. The van der Waals surface area contributed by atoms with Crippen molar-refractivity contribution in [2.45, 2.75) is 13.8 Å². The standard InChI is InChI=1S/C13H20ClN3O/c1-3-17(4-2)7-8-18-12-6-5-10(13(15)16)9-11(12)14/h5-6,9H,3-4,7-8H2,1-2H3,(H3,15,16). The minimum absolute atomic E-state index is 0.00610. The molecule has 1 aromatic rings. The average molecular weight is 270 g/mol. The minimum atomic E-state index is 0.00610. The van der Waals surface area contributed by atoms with Gasteiger partial charge in [0.15, 0.2) is 0 Å². The van der Waals surface area contributed by atoms with E-state index in [4.69, 9.17) is 27.5 Å². The molecule has 0 amide bonds. The van der Waals surface area contributed by atoms with Crippen LogP contribution in [0, 0.1) is 5.41 Å². The number of nitrogens with zero attached hydrogens (tertiary/aromatic N) is 1. The number of hydrogen-bond acceptors (Lipinski definition) is 3. The summed E-state index contributed by atoms with van der Waals surface area (Å²) in [5, 5.41) is 7.81. The maximum absolute atomic E-state index is 7.32. The van der Waals surface area contributed by atoms with Gasteiger partial charge in [-0.05, 0) is 31.3 Å². The van der Waals surface area contributed by atoms with Crippen LogP contribution >= 0.6 is 11.6 Å². The Kier molecular flexibility index (Phi) is 5.95. The van der Waals surface area contributed by atoms with Crippen molar-refractivity contribution in [3.63, 3.8) is 0 Å². The number of nitrogens with one attached hydrogen (secondary N) is 1. The topological polar surface area (TPSA) is 62.3 Å². The van der Waals surface area contributed by atoms with E-state index in [2.05, 4.69) is 18.7 Å². The zero-order valence-corrected chi connectivity index (χ0v) is 11.6. The molecule has 1 aromatic carbocycles. The van der Waals surface area contributed by atoms with Gasteiger partial charge in [0.2, 0.25) is 0 Å². The van der Waals surface area contributed by atoms with E-state index in [1.165, 1.54) is 0 Å². The lowest BCUT2D eigenvalue weighted by Gasteiger charge is -2.18. The molecule has 0 unspecified atom stereocenters. The number of amidine groups is 1. The Morgan fingerprint density at radius 3 is 2.56 bits per heavy atom. The lowest BCUT2D eigenvalue weighted by atomic mass is 10.2. The van der Waals surface area contributed by atoms with Crippen LogP contribution in [-0.4, -0.2) is 37.0 Å². The summed E-state index contributed by atoms with van der Waals surface area (Å²) in [5.74, 6) is 0.639. The molecule has 0 saturated heterocycles. The Morgan fingerprint density at radius 1 is 1.39 bits per heavy atom. The third-order valence-corrected chi connectivity index (χ3v) is 3.10. The van der Waals surface area contributed by atoms with Crippen LogP contribution in [-0.2, 0) is 0 Å². The number of rotatable bonds is 7. The molecule has 1 rings (SSSR count). The number of hydrogen-bond donors (Lipinski definition) is 2. The van der Waals surface area contributed by atoms with Crippen molar-refractivity contribution in [2.75, 3.05) is 26.2 Å². The number of benzene rings is 1. The maximum Gasteiger partial charge on any atom is 0.137 e. The Hall–Kier alpha value is -1.26. The fourth-order valence-corrected chi connectivity index (χ4v) is 1.85. The van der Waals surface area contributed by atoms with Crippen LogP contribution in [0.25, 0.3) is 0 Å². The second kappa shape index (κ2) is 7.24. The first-order chi connectivity index (χ1) is 8.58. The summed E-state index contributed by atoms with van der Waals surface area (Å²) in [7, 11) is 0. The highest BCUT2D eigenvalue weighted by Gasteiger charge is 2.05. The van der Waals surface area contributed by atoms with Gasteiger partial charge in [0.25, 0.3) is 0 Å². The highest BCUT2D eigenvalue weighted by Crippen LogP contribution is 2.25. The van der Waals surface area contributed by atoms with Crippen LogP contribution in [0.4, 0.5) is 0 Å². The van der Waals surface area contributed by atoms with Crippen molar-refractivity contribution in [1.29, 1.82) is 5.41 Å². The third kappa shape index (κ3) is 4.20. The molecule has 4 nitrogen and oxygen atoms in total. The van der Waals surface area contributed by atoms with Crippen LogP contribution in [0.1, 0.15) is 19.4 Å². The second-order valence-corrected chi connectivity index (χ2v) is 4.34. The summed E-state index contributed by atoms with van der Waals surface area (Å²) < 4.78 is 5.62. The molecular weight excluding hydrogens is 250 g/mol. The monoisotopic (exact) mass is 269 g/mol. The Morgan fingerprint density at radius 2 is 2.06 bits per heavy atom. The first kappa shape index (κ1) is 14.8. The number of halogens is 1. The summed E-state index contributed by atoms with van der Waals surface area (Å²) >= 11 is 6.07. The molecule has 0 aromatic heterocycles.